The predicted octanol–water partition coefficient (Wildman–Crippen LogP) is 1.22. The number of carbonyl (C=O) groups is 1. The summed E-state index contributed by atoms with van der Waals surface area (Å²) in [6.45, 7) is 1.91. The van der Waals surface area contributed by atoms with Gasteiger partial charge in [0.25, 0.3) is 0 Å². The number of ether oxygens (including phenoxy) is 2. The zero-order valence-electron chi connectivity index (χ0n) is 10.3. The first kappa shape index (κ1) is 12.3. The lowest BCUT2D eigenvalue weighted by Gasteiger charge is -2.18. The van der Waals surface area contributed by atoms with Crippen LogP contribution in [0.15, 0.2) is 23.2 Å². The van der Waals surface area contributed by atoms with Crippen LogP contribution >= 0.6 is 11.8 Å². The van der Waals surface area contributed by atoms with Crippen molar-refractivity contribution in [2.24, 2.45) is 4.99 Å². The summed E-state index contributed by atoms with van der Waals surface area (Å²) in [4.78, 5) is 16.0. The molecule has 1 N–H and O–H groups in total. The van der Waals surface area contributed by atoms with Gasteiger partial charge in [0.2, 0.25) is 5.91 Å². The van der Waals surface area contributed by atoms with Crippen molar-refractivity contribution in [3.8, 4) is 11.5 Å². The molecule has 0 unspecified atom stereocenters. The number of rotatable bonds is 2. The average Bonchev–Trinajstić information content (AvgIpc) is 2.91. The molecule has 0 saturated carbocycles. The van der Waals surface area contributed by atoms with E-state index in [0.717, 1.165) is 28.8 Å². The highest BCUT2D eigenvalue weighted by atomic mass is 32.2. The molecule has 0 atom stereocenters. The summed E-state index contributed by atoms with van der Waals surface area (Å²) in [6.07, 6.45) is 0.316. The Morgan fingerprint density at radius 3 is 2.95 bits per heavy atom. The number of amidine groups is 1. The van der Waals surface area contributed by atoms with Crippen LogP contribution in [0.25, 0.3) is 0 Å². The number of hydrogen-bond donors (Lipinski definition) is 1. The van der Waals surface area contributed by atoms with Crippen molar-refractivity contribution in [2.45, 2.75) is 6.42 Å². The number of thioether (sulfide) groups is 1. The van der Waals surface area contributed by atoms with Crippen molar-refractivity contribution >= 4 is 22.8 Å². The van der Waals surface area contributed by atoms with E-state index in [-0.39, 0.29) is 5.91 Å². The van der Waals surface area contributed by atoms with E-state index in [1.54, 1.807) is 11.8 Å². The fourth-order valence-corrected chi connectivity index (χ4v) is 2.70. The predicted molar refractivity (Wildman–Crippen MR) is 74.0 cm³/mol. The summed E-state index contributed by atoms with van der Waals surface area (Å²) in [6, 6.07) is 5.59. The van der Waals surface area contributed by atoms with Crippen LogP contribution in [0, 0.1) is 0 Å². The van der Waals surface area contributed by atoms with Gasteiger partial charge in [0.05, 0.1) is 13.0 Å². The topological polar surface area (TPSA) is 59.9 Å². The maximum atomic E-state index is 11.9. The van der Waals surface area contributed by atoms with Crippen molar-refractivity contribution in [3.63, 3.8) is 0 Å². The Morgan fingerprint density at radius 1 is 1.32 bits per heavy atom. The molecular weight excluding hydrogens is 264 g/mol. The molecule has 19 heavy (non-hydrogen) atoms. The van der Waals surface area contributed by atoms with E-state index >= 15 is 0 Å². The van der Waals surface area contributed by atoms with E-state index in [0.29, 0.717) is 25.4 Å². The van der Waals surface area contributed by atoms with Gasteiger partial charge in [0.1, 0.15) is 13.2 Å². The van der Waals surface area contributed by atoms with Gasteiger partial charge in [-0.1, -0.05) is 17.8 Å². The Balaban J connectivity index is 1.64. The molecular formula is C13H14N2O3S. The fraction of sp³-hybridized carbons (Fsp3) is 0.385. The van der Waals surface area contributed by atoms with Gasteiger partial charge in [0, 0.05) is 5.75 Å². The minimum absolute atomic E-state index is 0.0511. The number of nitrogens with zero attached hydrogens (tertiary/aromatic N) is 1. The maximum absolute atomic E-state index is 11.9. The molecule has 3 rings (SSSR count). The third-order valence-corrected chi connectivity index (χ3v) is 3.69. The minimum Gasteiger partial charge on any atom is -0.486 e. The lowest BCUT2D eigenvalue weighted by Crippen LogP contribution is -2.28. The average molecular weight is 278 g/mol. The Bertz CT molecular complexity index is 531. The van der Waals surface area contributed by atoms with Gasteiger partial charge in [-0.05, 0) is 17.7 Å². The van der Waals surface area contributed by atoms with Crippen LogP contribution in [-0.4, -0.2) is 36.6 Å². The number of amides is 1. The Kier molecular flexibility index (Phi) is 3.59. The summed E-state index contributed by atoms with van der Waals surface area (Å²) in [7, 11) is 0. The molecule has 0 aliphatic carbocycles. The summed E-state index contributed by atoms with van der Waals surface area (Å²) < 4.78 is 10.9. The summed E-state index contributed by atoms with van der Waals surface area (Å²) in [5, 5.41) is 3.53. The molecule has 0 aromatic heterocycles. The van der Waals surface area contributed by atoms with Crippen LogP contribution in [-0.2, 0) is 11.2 Å². The van der Waals surface area contributed by atoms with Crippen molar-refractivity contribution in [2.75, 3.05) is 25.5 Å². The molecule has 1 amide bonds. The van der Waals surface area contributed by atoms with E-state index < -0.39 is 0 Å². The van der Waals surface area contributed by atoms with Crippen molar-refractivity contribution < 1.29 is 14.3 Å². The first-order chi connectivity index (χ1) is 9.31. The van der Waals surface area contributed by atoms with E-state index in [4.69, 9.17) is 9.47 Å². The van der Waals surface area contributed by atoms with Gasteiger partial charge in [-0.15, -0.1) is 0 Å². The number of aliphatic imine (C=N–C) groups is 1. The SMILES string of the molecule is O=C(Cc1ccc2c(c1)OCCO2)NC1=NCCS1. The fourth-order valence-electron chi connectivity index (χ4n) is 1.96. The van der Waals surface area contributed by atoms with Crippen LogP contribution in [0.3, 0.4) is 0 Å². The molecule has 0 fully saturated rings. The Labute approximate surface area is 115 Å². The van der Waals surface area contributed by atoms with E-state index in [2.05, 4.69) is 10.3 Å². The molecule has 0 radical (unpaired) electrons. The van der Waals surface area contributed by atoms with Gasteiger partial charge >= 0.3 is 0 Å². The van der Waals surface area contributed by atoms with Crippen LogP contribution in [0.1, 0.15) is 5.56 Å². The van der Waals surface area contributed by atoms with Crippen LogP contribution < -0.4 is 14.8 Å². The molecule has 0 saturated heterocycles. The van der Waals surface area contributed by atoms with E-state index in [1.165, 1.54) is 0 Å². The molecule has 5 nitrogen and oxygen atoms in total. The lowest BCUT2D eigenvalue weighted by atomic mass is 10.1. The smallest absolute Gasteiger partial charge is 0.230 e. The lowest BCUT2D eigenvalue weighted by molar-refractivity contribution is -0.119. The second-order valence-electron chi connectivity index (χ2n) is 4.24. The molecule has 0 spiro atoms. The first-order valence-corrected chi connectivity index (χ1v) is 7.15. The summed E-state index contributed by atoms with van der Waals surface area (Å²) in [5.74, 6) is 2.35. The van der Waals surface area contributed by atoms with Gasteiger partial charge in [-0.2, -0.15) is 0 Å². The monoisotopic (exact) mass is 278 g/mol. The quantitative estimate of drug-likeness (QED) is 0.883. The second-order valence-corrected chi connectivity index (χ2v) is 5.32. The third kappa shape index (κ3) is 3.01. The number of fused-ring (bicyclic) bond motifs is 1. The largest absolute Gasteiger partial charge is 0.486 e. The molecule has 100 valence electrons. The van der Waals surface area contributed by atoms with Crippen molar-refractivity contribution in [1.82, 2.24) is 5.32 Å². The molecule has 1 aromatic rings. The normalized spacial score (nSPS) is 16.9. The van der Waals surface area contributed by atoms with Crippen LogP contribution in [0.5, 0.6) is 11.5 Å². The highest BCUT2D eigenvalue weighted by Crippen LogP contribution is 2.30. The highest BCUT2D eigenvalue weighted by molar-refractivity contribution is 8.14. The maximum Gasteiger partial charge on any atom is 0.230 e. The Hall–Kier alpha value is -1.69. The summed E-state index contributed by atoms with van der Waals surface area (Å²) in [5.41, 5.74) is 0.908. The molecule has 0 bridgehead atoms. The van der Waals surface area contributed by atoms with Gasteiger partial charge in [0.15, 0.2) is 16.7 Å². The van der Waals surface area contributed by atoms with E-state index in [9.17, 15) is 4.79 Å². The number of benzene rings is 1. The van der Waals surface area contributed by atoms with Gasteiger partial charge < -0.3 is 14.8 Å². The second kappa shape index (κ2) is 5.52. The van der Waals surface area contributed by atoms with Gasteiger partial charge in [-0.25, -0.2) is 0 Å². The standard InChI is InChI=1S/C13H14N2O3S/c16-12(15-13-14-3-6-19-13)8-9-1-2-10-11(7-9)18-5-4-17-10/h1-2,7H,3-6,8H2,(H,14,15,16). The zero-order valence-corrected chi connectivity index (χ0v) is 11.2. The van der Waals surface area contributed by atoms with E-state index in [1.807, 2.05) is 18.2 Å². The zero-order chi connectivity index (χ0) is 13.1. The third-order valence-electron chi connectivity index (χ3n) is 2.80. The molecule has 2 aliphatic rings. The number of carbonyl (C=O) groups excluding carboxylic acids is 1. The number of nitrogens with one attached hydrogen (secondary N) is 1. The Morgan fingerprint density at radius 2 is 2.16 bits per heavy atom. The van der Waals surface area contributed by atoms with Crippen molar-refractivity contribution in [1.29, 1.82) is 0 Å². The molecule has 1 aromatic carbocycles. The molecule has 6 heteroatoms. The first-order valence-electron chi connectivity index (χ1n) is 6.17. The molecule has 2 heterocycles. The van der Waals surface area contributed by atoms with Gasteiger partial charge in [-0.3, -0.25) is 9.79 Å². The minimum atomic E-state index is -0.0511. The van der Waals surface area contributed by atoms with Crippen LogP contribution in [0.2, 0.25) is 0 Å². The molecule has 2 aliphatic heterocycles. The highest BCUT2D eigenvalue weighted by Gasteiger charge is 2.15. The van der Waals surface area contributed by atoms with Crippen LogP contribution in [0.4, 0.5) is 0 Å². The summed E-state index contributed by atoms with van der Waals surface area (Å²) >= 11 is 1.58. The van der Waals surface area contributed by atoms with Crippen molar-refractivity contribution in [3.05, 3.63) is 23.8 Å². The number of hydrogen-bond acceptors (Lipinski definition) is 5.